The molecule has 1 aliphatic heterocycles. The molecule has 0 atom stereocenters. The van der Waals surface area contributed by atoms with Gasteiger partial charge in [0.25, 0.3) is 0 Å². The first-order valence-corrected chi connectivity index (χ1v) is 7.04. The molecule has 1 heteroatoms. The number of hydrogen-bond acceptors (Lipinski definition) is 1. The molecule has 18 heavy (non-hydrogen) atoms. The van der Waals surface area contributed by atoms with Crippen molar-refractivity contribution in [3.63, 3.8) is 0 Å². The predicted molar refractivity (Wildman–Crippen MR) is 79.4 cm³/mol. The van der Waals surface area contributed by atoms with Gasteiger partial charge in [0.05, 0.1) is 0 Å². The van der Waals surface area contributed by atoms with Crippen LogP contribution in [0.5, 0.6) is 0 Å². The van der Waals surface area contributed by atoms with Crippen molar-refractivity contribution in [3.05, 3.63) is 33.4 Å². The van der Waals surface area contributed by atoms with Gasteiger partial charge in [-0.15, -0.1) is 0 Å². The van der Waals surface area contributed by atoms with E-state index in [1.807, 2.05) is 0 Å². The van der Waals surface area contributed by atoms with Crippen LogP contribution in [0.4, 0.5) is 0 Å². The van der Waals surface area contributed by atoms with E-state index < -0.39 is 0 Å². The summed E-state index contributed by atoms with van der Waals surface area (Å²) in [6, 6.07) is 0. The van der Waals surface area contributed by atoms with Crippen LogP contribution in [0.25, 0.3) is 0 Å². The van der Waals surface area contributed by atoms with Crippen molar-refractivity contribution in [2.75, 3.05) is 13.6 Å². The number of rotatable bonds is 0. The van der Waals surface area contributed by atoms with E-state index in [-0.39, 0.29) is 5.41 Å². The van der Waals surface area contributed by atoms with Crippen LogP contribution in [0, 0.1) is 20.8 Å². The first-order chi connectivity index (χ1) is 8.23. The lowest BCUT2D eigenvalue weighted by atomic mass is 9.75. The molecule has 1 nitrogen and oxygen atoms in total. The van der Waals surface area contributed by atoms with Crippen LogP contribution in [-0.2, 0) is 18.4 Å². The minimum absolute atomic E-state index is 0.240. The van der Waals surface area contributed by atoms with Crippen LogP contribution in [0.1, 0.15) is 54.2 Å². The van der Waals surface area contributed by atoms with E-state index in [1.54, 1.807) is 16.7 Å². The summed E-state index contributed by atoms with van der Waals surface area (Å²) < 4.78 is 0. The summed E-state index contributed by atoms with van der Waals surface area (Å²) >= 11 is 0. The maximum Gasteiger partial charge on any atom is 0.0236 e. The van der Waals surface area contributed by atoms with Crippen LogP contribution in [-0.4, -0.2) is 18.5 Å². The van der Waals surface area contributed by atoms with Crippen LogP contribution >= 0.6 is 0 Å². The minimum atomic E-state index is 0.240. The number of benzene rings is 1. The van der Waals surface area contributed by atoms with Gasteiger partial charge in [-0.3, -0.25) is 0 Å². The monoisotopic (exact) mass is 245 g/mol. The van der Waals surface area contributed by atoms with E-state index in [0.717, 1.165) is 6.54 Å². The lowest BCUT2D eigenvalue weighted by Crippen LogP contribution is -2.30. The van der Waals surface area contributed by atoms with Crippen LogP contribution in [0.2, 0.25) is 0 Å². The molecule has 0 fully saturated rings. The Kier molecular flexibility index (Phi) is 3.31. The standard InChI is InChI=1S/C17H27N/c1-11-12(2)16(17(4,5)6)13(3)15-10-18(7)9-8-14(11)15/h8-10H2,1-7H3. The number of fused-ring (bicyclic) bond motifs is 1. The van der Waals surface area contributed by atoms with Gasteiger partial charge in [-0.1, -0.05) is 20.8 Å². The Balaban J connectivity index is 2.72. The summed E-state index contributed by atoms with van der Waals surface area (Å²) in [4.78, 5) is 2.44. The molecule has 0 aromatic heterocycles. The summed E-state index contributed by atoms with van der Waals surface area (Å²) in [6.45, 7) is 16.3. The second kappa shape index (κ2) is 4.38. The Morgan fingerprint density at radius 3 is 2.06 bits per heavy atom. The molecule has 1 aliphatic rings. The van der Waals surface area contributed by atoms with Crippen molar-refractivity contribution < 1.29 is 0 Å². The van der Waals surface area contributed by atoms with E-state index in [4.69, 9.17) is 0 Å². The highest BCUT2D eigenvalue weighted by molar-refractivity contribution is 5.53. The van der Waals surface area contributed by atoms with Gasteiger partial charge in [-0.2, -0.15) is 0 Å². The van der Waals surface area contributed by atoms with E-state index in [2.05, 4.69) is 53.5 Å². The molecule has 1 aromatic carbocycles. The van der Waals surface area contributed by atoms with E-state index in [0.29, 0.717) is 0 Å². The average molecular weight is 245 g/mol. The second-order valence-electron chi connectivity index (χ2n) is 6.94. The van der Waals surface area contributed by atoms with Crippen molar-refractivity contribution in [2.24, 2.45) is 0 Å². The molecule has 2 rings (SSSR count). The first kappa shape index (κ1) is 13.6. The van der Waals surface area contributed by atoms with Crippen molar-refractivity contribution in [2.45, 2.75) is 59.9 Å². The maximum absolute atomic E-state index is 2.44. The summed E-state index contributed by atoms with van der Waals surface area (Å²) in [5, 5.41) is 0. The molecule has 0 aliphatic carbocycles. The Labute approximate surface area is 112 Å². The summed E-state index contributed by atoms with van der Waals surface area (Å²) in [7, 11) is 2.23. The molecule has 1 heterocycles. The molecule has 0 radical (unpaired) electrons. The van der Waals surface area contributed by atoms with Gasteiger partial charge in [-0.25, -0.2) is 0 Å². The highest BCUT2D eigenvalue weighted by Gasteiger charge is 2.26. The van der Waals surface area contributed by atoms with Gasteiger partial charge in [0.2, 0.25) is 0 Å². The smallest absolute Gasteiger partial charge is 0.0236 e. The number of hydrogen-bond donors (Lipinski definition) is 0. The Bertz CT molecular complexity index is 478. The summed E-state index contributed by atoms with van der Waals surface area (Å²) in [5.74, 6) is 0. The highest BCUT2D eigenvalue weighted by atomic mass is 15.1. The topological polar surface area (TPSA) is 3.24 Å². The van der Waals surface area contributed by atoms with Crippen LogP contribution in [0.15, 0.2) is 0 Å². The second-order valence-corrected chi connectivity index (χ2v) is 6.94. The molecule has 0 amide bonds. The largest absolute Gasteiger partial charge is 0.302 e. The summed E-state index contributed by atoms with van der Waals surface area (Å²) in [6.07, 6.45) is 1.21. The van der Waals surface area contributed by atoms with Gasteiger partial charge in [0.15, 0.2) is 0 Å². The predicted octanol–water partition coefficient (Wildman–Crippen LogP) is 3.90. The van der Waals surface area contributed by atoms with Gasteiger partial charge in [-0.05, 0) is 73.0 Å². The molecular weight excluding hydrogens is 218 g/mol. The lowest BCUT2D eigenvalue weighted by molar-refractivity contribution is 0.311. The Hall–Kier alpha value is -0.820. The molecule has 0 saturated heterocycles. The molecular formula is C17H27N. The fourth-order valence-corrected chi connectivity index (χ4v) is 3.63. The highest BCUT2D eigenvalue weighted by Crippen LogP contribution is 2.37. The quantitative estimate of drug-likeness (QED) is 0.670. The zero-order valence-corrected chi connectivity index (χ0v) is 13.1. The van der Waals surface area contributed by atoms with Crippen molar-refractivity contribution in [1.82, 2.24) is 4.90 Å². The SMILES string of the molecule is Cc1c(C)c(C(C)(C)C)c(C)c2c1CCN(C)C2. The number of likely N-dealkylation sites (N-methyl/N-ethyl adjacent to an activating group) is 1. The molecule has 0 saturated carbocycles. The molecule has 0 spiro atoms. The fourth-order valence-electron chi connectivity index (χ4n) is 3.63. The van der Waals surface area contributed by atoms with Crippen molar-refractivity contribution in [3.8, 4) is 0 Å². The third kappa shape index (κ3) is 2.09. The summed E-state index contributed by atoms with van der Waals surface area (Å²) in [5.41, 5.74) is 9.61. The molecule has 0 bridgehead atoms. The third-order valence-electron chi connectivity index (χ3n) is 4.50. The van der Waals surface area contributed by atoms with Gasteiger partial charge < -0.3 is 4.90 Å². The Morgan fingerprint density at radius 1 is 0.889 bits per heavy atom. The maximum atomic E-state index is 2.44. The molecule has 0 unspecified atom stereocenters. The third-order valence-corrected chi connectivity index (χ3v) is 4.50. The van der Waals surface area contributed by atoms with Crippen LogP contribution < -0.4 is 0 Å². The lowest BCUT2D eigenvalue weighted by Gasteiger charge is -2.34. The van der Waals surface area contributed by atoms with E-state index >= 15 is 0 Å². The van der Waals surface area contributed by atoms with Crippen molar-refractivity contribution in [1.29, 1.82) is 0 Å². The minimum Gasteiger partial charge on any atom is -0.302 e. The van der Waals surface area contributed by atoms with Gasteiger partial charge in [0, 0.05) is 13.1 Å². The Morgan fingerprint density at radius 2 is 1.50 bits per heavy atom. The fraction of sp³-hybridized carbons (Fsp3) is 0.647. The zero-order valence-electron chi connectivity index (χ0n) is 13.1. The number of nitrogens with zero attached hydrogens (tertiary/aromatic N) is 1. The van der Waals surface area contributed by atoms with Crippen LogP contribution in [0.3, 0.4) is 0 Å². The average Bonchev–Trinajstić information content (AvgIpc) is 2.24. The van der Waals surface area contributed by atoms with E-state index in [9.17, 15) is 0 Å². The van der Waals surface area contributed by atoms with Crippen molar-refractivity contribution >= 4 is 0 Å². The van der Waals surface area contributed by atoms with E-state index in [1.165, 1.54) is 29.7 Å². The first-order valence-electron chi connectivity index (χ1n) is 7.04. The van der Waals surface area contributed by atoms with Gasteiger partial charge in [0.1, 0.15) is 0 Å². The normalized spacial score (nSPS) is 16.8. The molecule has 100 valence electrons. The molecule has 1 aromatic rings. The zero-order chi connectivity index (χ0) is 13.7. The van der Waals surface area contributed by atoms with Gasteiger partial charge >= 0.3 is 0 Å². The molecule has 0 N–H and O–H groups in total.